The van der Waals surface area contributed by atoms with Crippen LogP contribution in [0.25, 0.3) is 34.2 Å². The number of nitrogens with one attached hydrogen (secondary N) is 2. The molecule has 2 aliphatic heterocycles. The first-order chi connectivity index (χ1) is 23.7. The first kappa shape index (κ1) is 36.1. The molecule has 5 heterocycles. The van der Waals surface area contributed by atoms with Crippen LogP contribution in [0.4, 0.5) is 0 Å². The van der Waals surface area contributed by atoms with Crippen LogP contribution in [0.15, 0.2) is 24.3 Å². The predicted octanol–water partition coefficient (Wildman–Crippen LogP) is 12.8. The topological polar surface area (TPSA) is 57.4 Å². The van der Waals surface area contributed by atoms with Gasteiger partial charge in [0.25, 0.3) is 0 Å². The second-order valence-corrected chi connectivity index (χ2v) is 14.4. The Morgan fingerprint density at radius 3 is 1.10 bits per heavy atom. The van der Waals surface area contributed by atoms with Crippen molar-refractivity contribution in [2.45, 2.75) is 169 Å². The Bertz CT molecular complexity index is 1520. The van der Waals surface area contributed by atoms with Gasteiger partial charge in [0.1, 0.15) is 0 Å². The summed E-state index contributed by atoms with van der Waals surface area (Å²) in [6.07, 6.45) is 31.1. The standard InChI is InChI=1S/C44H64N4/c1-5-9-13-17-21-33-37-25-27-39(45-37)34(22-18-14-10-6-2)41-29-31-43(47-41)36(24-20-16-12-8-4)44-32-30-42(48-44)35(23-19-15-11-7-3)40-28-26-38(33)46-40/h25-29,31,46-47H,5-24,30,32H2,1-4H3. The summed E-state index contributed by atoms with van der Waals surface area (Å²) in [5.41, 5.74) is 15.5. The quantitative estimate of drug-likeness (QED) is 0.0937. The molecule has 0 unspecified atom stereocenters. The van der Waals surface area contributed by atoms with Gasteiger partial charge in [0.05, 0.1) is 11.4 Å². The van der Waals surface area contributed by atoms with Gasteiger partial charge in [-0.15, -0.1) is 0 Å². The number of hydrogen-bond acceptors (Lipinski definition) is 2. The van der Waals surface area contributed by atoms with Gasteiger partial charge < -0.3 is 9.97 Å². The summed E-state index contributed by atoms with van der Waals surface area (Å²) in [6.45, 7) is 9.20. The van der Waals surface area contributed by atoms with E-state index in [0.29, 0.717) is 0 Å². The molecule has 0 spiro atoms. The Labute approximate surface area is 291 Å². The lowest BCUT2D eigenvalue weighted by atomic mass is 10.0. The summed E-state index contributed by atoms with van der Waals surface area (Å²) in [7, 11) is 0. The van der Waals surface area contributed by atoms with Crippen molar-refractivity contribution in [2.75, 3.05) is 0 Å². The molecule has 0 saturated carbocycles. The monoisotopic (exact) mass is 649 g/mol. The average molecular weight is 649 g/mol. The molecule has 260 valence electrons. The summed E-state index contributed by atoms with van der Waals surface area (Å²) >= 11 is 0. The molecule has 0 saturated heterocycles. The van der Waals surface area contributed by atoms with Gasteiger partial charge in [0.15, 0.2) is 0 Å². The molecule has 0 fully saturated rings. The molecule has 8 bridgehead atoms. The van der Waals surface area contributed by atoms with Crippen molar-refractivity contribution in [2.24, 2.45) is 0 Å². The van der Waals surface area contributed by atoms with Gasteiger partial charge in [-0.25, -0.2) is 4.98 Å². The van der Waals surface area contributed by atoms with Crippen molar-refractivity contribution in [3.63, 3.8) is 0 Å². The second kappa shape index (κ2) is 19.2. The second-order valence-electron chi connectivity index (χ2n) is 14.4. The molecule has 2 N–H and O–H groups in total. The molecular weight excluding hydrogens is 585 g/mol. The van der Waals surface area contributed by atoms with Gasteiger partial charge in [-0.3, -0.25) is 4.98 Å². The first-order valence-corrected chi connectivity index (χ1v) is 20.1. The first-order valence-electron chi connectivity index (χ1n) is 20.1. The minimum Gasteiger partial charge on any atom is -0.355 e. The minimum absolute atomic E-state index is 1.04. The van der Waals surface area contributed by atoms with E-state index in [9.17, 15) is 0 Å². The molecule has 4 heteroatoms. The molecule has 3 aromatic heterocycles. The normalized spacial score (nSPS) is 12.8. The van der Waals surface area contributed by atoms with E-state index in [1.807, 2.05) is 0 Å². The maximum absolute atomic E-state index is 5.53. The van der Waals surface area contributed by atoms with E-state index in [4.69, 9.17) is 9.97 Å². The van der Waals surface area contributed by atoms with E-state index in [1.54, 1.807) is 0 Å². The van der Waals surface area contributed by atoms with Crippen LogP contribution in [0.3, 0.4) is 0 Å². The summed E-state index contributed by atoms with van der Waals surface area (Å²) in [5.74, 6) is 0. The lowest BCUT2D eigenvalue weighted by Gasteiger charge is -2.06. The van der Waals surface area contributed by atoms with Crippen molar-refractivity contribution >= 4 is 34.2 Å². The third kappa shape index (κ3) is 9.51. The third-order valence-corrected chi connectivity index (χ3v) is 10.6. The van der Waals surface area contributed by atoms with Crippen LogP contribution in [0.2, 0.25) is 0 Å². The molecule has 0 aliphatic carbocycles. The van der Waals surface area contributed by atoms with Crippen LogP contribution in [0, 0.1) is 0 Å². The highest BCUT2D eigenvalue weighted by atomic mass is 14.8. The number of aryl methyl sites for hydroxylation is 6. The number of rotatable bonds is 20. The van der Waals surface area contributed by atoms with Gasteiger partial charge >= 0.3 is 0 Å². The molecule has 2 aliphatic rings. The molecule has 5 rings (SSSR count). The molecule has 0 radical (unpaired) electrons. The maximum Gasteiger partial charge on any atom is 0.0690 e. The van der Waals surface area contributed by atoms with Gasteiger partial charge in [-0.05, 0) is 112 Å². The van der Waals surface area contributed by atoms with Crippen LogP contribution >= 0.6 is 0 Å². The van der Waals surface area contributed by atoms with Crippen LogP contribution in [-0.2, 0) is 38.5 Å². The fourth-order valence-electron chi connectivity index (χ4n) is 7.73. The van der Waals surface area contributed by atoms with Gasteiger partial charge in [-0.1, -0.05) is 105 Å². The van der Waals surface area contributed by atoms with Gasteiger partial charge in [0, 0.05) is 44.6 Å². The number of hydrogen-bond donors (Lipinski definition) is 2. The van der Waals surface area contributed by atoms with Gasteiger partial charge in [0.2, 0.25) is 0 Å². The number of fused-ring (bicyclic) bond motifs is 8. The van der Waals surface area contributed by atoms with E-state index in [0.717, 1.165) is 49.9 Å². The van der Waals surface area contributed by atoms with E-state index in [-0.39, 0.29) is 0 Å². The molecule has 0 amide bonds. The lowest BCUT2D eigenvalue weighted by Crippen LogP contribution is -1.96. The fourth-order valence-corrected chi connectivity index (χ4v) is 7.73. The molecule has 0 aromatic carbocycles. The summed E-state index contributed by atoms with van der Waals surface area (Å²) in [4.78, 5) is 18.9. The summed E-state index contributed by atoms with van der Waals surface area (Å²) in [5, 5.41) is 0. The van der Waals surface area contributed by atoms with Crippen LogP contribution in [0.5, 0.6) is 0 Å². The van der Waals surface area contributed by atoms with Crippen molar-refractivity contribution < 1.29 is 0 Å². The zero-order chi connectivity index (χ0) is 33.6. The van der Waals surface area contributed by atoms with Crippen LogP contribution < -0.4 is 0 Å². The molecule has 0 atom stereocenters. The highest BCUT2D eigenvalue weighted by molar-refractivity contribution is 5.80. The zero-order valence-electron chi connectivity index (χ0n) is 30.9. The largest absolute Gasteiger partial charge is 0.355 e. The number of aromatic nitrogens is 4. The Kier molecular flexibility index (Phi) is 14.4. The van der Waals surface area contributed by atoms with E-state index >= 15 is 0 Å². The van der Waals surface area contributed by atoms with E-state index < -0.39 is 0 Å². The molecule has 48 heavy (non-hydrogen) atoms. The number of aromatic amines is 2. The average Bonchev–Trinajstić information content (AvgIpc) is 3.93. The number of unbranched alkanes of at least 4 members (excludes halogenated alkanes) is 12. The van der Waals surface area contributed by atoms with Crippen molar-refractivity contribution in [3.8, 4) is 0 Å². The van der Waals surface area contributed by atoms with E-state index in [1.165, 1.54) is 158 Å². The smallest absolute Gasteiger partial charge is 0.0690 e. The Morgan fingerprint density at radius 2 is 0.750 bits per heavy atom. The fraction of sp³-hybridized carbons (Fsp3) is 0.591. The van der Waals surface area contributed by atoms with Gasteiger partial charge in [-0.2, -0.15) is 0 Å². The number of H-pyrrole nitrogens is 2. The lowest BCUT2D eigenvalue weighted by molar-refractivity contribution is 0.665. The Hall–Kier alpha value is -3.14. The van der Waals surface area contributed by atoms with Crippen molar-refractivity contribution in [1.29, 1.82) is 0 Å². The Morgan fingerprint density at radius 1 is 0.417 bits per heavy atom. The van der Waals surface area contributed by atoms with Crippen LogP contribution in [0.1, 0.15) is 175 Å². The highest BCUT2D eigenvalue weighted by Crippen LogP contribution is 2.30. The number of nitrogens with zero attached hydrogens (tertiary/aromatic N) is 2. The van der Waals surface area contributed by atoms with E-state index in [2.05, 4.69) is 74.1 Å². The molecule has 4 nitrogen and oxygen atoms in total. The zero-order valence-corrected chi connectivity index (χ0v) is 30.9. The maximum atomic E-state index is 5.53. The molecular formula is C44H64N4. The Balaban J connectivity index is 1.74. The SMILES string of the molecule is CCCCCCc1c2nc(c(CCCCCC)c3ccc([nH]3)c(CCCCCC)c3nc(c(CCCCCC)c4ccc1[nH]4)CC3)C=C2. The minimum atomic E-state index is 1.04. The predicted molar refractivity (Wildman–Crippen MR) is 209 cm³/mol. The molecule has 3 aromatic rings. The van der Waals surface area contributed by atoms with Crippen LogP contribution in [-0.4, -0.2) is 19.9 Å². The van der Waals surface area contributed by atoms with Crippen molar-refractivity contribution in [3.05, 3.63) is 69.3 Å². The van der Waals surface area contributed by atoms with Crippen molar-refractivity contribution in [1.82, 2.24) is 19.9 Å². The summed E-state index contributed by atoms with van der Waals surface area (Å²) < 4.78 is 0. The summed E-state index contributed by atoms with van der Waals surface area (Å²) in [6, 6.07) is 9.36. The highest BCUT2D eigenvalue weighted by Gasteiger charge is 2.18. The third-order valence-electron chi connectivity index (χ3n) is 10.6.